The Morgan fingerprint density at radius 3 is 2.72 bits per heavy atom. The van der Waals surface area contributed by atoms with Gasteiger partial charge in [0.1, 0.15) is 5.69 Å². The molecular weight excluding hydrogens is 503 g/mol. The Kier molecular flexibility index (Phi) is 8.15. The Morgan fingerprint density at radius 1 is 1.28 bits per heavy atom. The number of nitrogens with zero attached hydrogens (tertiary/aromatic N) is 5. The van der Waals surface area contributed by atoms with Crippen molar-refractivity contribution in [2.45, 2.75) is 6.92 Å². The van der Waals surface area contributed by atoms with Gasteiger partial charge in [0.15, 0.2) is 5.82 Å². The minimum Gasteiger partial charge on any atom is -0.383 e. The van der Waals surface area contributed by atoms with Gasteiger partial charge in [-0.1, -0.05) is 29.3 Å². The SMILES string of the molecule is CCON1CC(c2c(Cl)cccc2Cl)=Cc2cnc(Nc3cc(C(=O)N(C)CCOC)n(C)c3)nc21. The van der Waals surface area contributed by atoms with E-state index in [2.05, 4.69) is 15.3 Å². The largest absolute Gasteiger partial charge is 0.383 e. The molecule has 1 aliphatic rings. The third kappa shape index (κ3) is 5.49. The van der Waals surface area contributed by atoms with E-state index < -0.39 is 0 Å². The highest BCUT2D eigenvalue weighted by molar-refractivity contribution is 6.38. The van der Waals surface area contributed by atoms with E-state index in [-0.39, 0.29) is 5.91 Å². The van der Waals surface area contributed by atoms with Crippen LogP contribution in [0.1, 0.15) is 28.5 Å². The number of fused-ring (bicyclic) bond motifs is 1. The predicted octanol–water partition coefficient (Wildman–Crippen LogP) is 4.90. The van der Waals surface area contributed by atoms with Crippen LogP contribution in [0.2, 0.25) is 10.0 Å². The van der Waals surface area contributed by atoms with Crippen molar-refractivity contribution in [2.75, 3.05) is 50.8 Å². The van der Waals surface area contributed by atoms with Crippen molar-refractivity contribution in [2.24, 2.45) is 7.05 Å². The fraction of sp³-hybridized carbons (Fsp3) is 0.320. The van der Waals surface area contributed by atoms with Crippen LogP contribution in [0, 0.1) is 0 Å². The molecule has 0 spiro atoms. The molecule has 0 radical (unpaired) electrons. The van der Waals surface area contributed by atoms with Gasteiger partial charge in [0, 0.05) is 61.3 Å². The molecule has 1 N–H and O–H groups in total. The number of rotatable bonds is 9. The average Bonchev–Trinajstić information content (AvgIpc) is 3.22. The molecule has 0 atom stereocenters. The first-order valence-electron chi connectivity index (χ1n) is 11.4. The fourth-order valence-electron chi connectivity index (χ4n) is 3.93. The van der Waals surface area contributed by atoms with Crippen molar-refractivity contribution in [3.8, 4) is 0 Å². The van der Waals surface area contributed by atoms with Crippen LogP contribution < -0.4 is 10.4 Å². The summed E-state index contributed by atoms with van der Waals surface area (Å²) in [5.74, 6) is 0.892. The first-order chi connectivity index (χ1) is 17.3. The lowest BCUT2D eigenvalue weighted by molar-refractivity contribution is 0.0735. The maximum atomic E-state index is 12.8. The summed E-state index contributed by atoms with van der Waals surface area (Å²) >= 11 is 12.9. The highest BCUT2D eigenvalue weighted by Crippen LogP contribution is 2.38. The number of hydrogen-bond acceptors (Lipinski definition) is 7. The zero-order valence-corrected chi connectivity index (χ0v) is 22.1. The summed E-state index contributed by atoms with van der Waals surface area (Å²) in [6.07, 6.45) is 5.50. The lowest BCUT2D eigenvalue weighted by Crippen LogP contribution is -2.31. The minimum absolute atomic E-state index is 0.104. The molecule has 0 unspecified atom stereocenters. The van der Waals surface area contributed by atoms with Crippen LogP contribution >= 0.6 is 23.2 Å². The van der Waals surface area contributed by atoms with Crippen LogP contribution in [0.25, 0.3) is 11.6 Å². The number of hydroxylamine groups is 1. The summed E-state index contributed by atoms with van der Waals surface area (Å²) in [5.41, 5.74) is 3.66. The number of aromatic nitrogens is 3. The lowest BCUT2D eigenvalue weighted by atomic mass is 10.0. The highest BCUT2D eigenvalue weighted by Gasteiger charge is 2.25. The van der Waals surface area contributed by atoms with Gasteiger partial charge in [0.25, 0.3) is 5.91 Å². The summed E-state index contributed by atoms with van der Waals surface area (Å²) in [4.78, 5) is 29.4. The number of carbonyl (C=O) groups is 1. The number of ether oxygens (including phenoxy) is 1. The number of aryl methyl sites for hydroxylation is 1. The van der Waals surface area contributed by atoms with Gasteiger partial charge in [0.2, 0.25) is 5.95 Å². The van der Waals surface area contributed by atoms with E-state index >= 15 is 0 Å². The normalized spacial score (nSPS) is 12.8. The van der Waals surface area contributed by atoms with Gasteiger partial charge in [0.05, 0.1) is 25.4 Å². The van der Waals surface area contributed by atoms with Gasteiger partial charge in [-0.2, -0.15) is 4.98 Å². The van der Waals surface area contributed by atoms with Gasteiger partial charge >= 0.3 is 0 Å². The molecule has 0 bridgehead atoms. The van der Waals surface area contributed by atoms with Crippen molar-refractivity contribution >= 4 is 58.2 Å². The van der Waals surface area contributed by atoms with Crippen LogP contribution in [0.3, 0.4) is 0 Å². The molecule has 1 aliphatic heterocycles. The molecule has 1 amide bonds. The van der Waals surface area contributed by atoms with E-state index in [4.69, 9.17) is 32.8 Å². The third-order valence-electron chi connectivity index (χ3n) is 5.70. The first kappa shape index (κ1) is 26.0. The van der Waals surface area contributed by atoms with Crippen LogP contribution in [0.5, 0.6) is 0 Å². The van der Waals surface area contributed by atoms with Gasteiger partial charge < -0.3 is 19.5 Å². The van der Waals surface area contributed by atoms with Crippen molar-refractivity contribution in [3.63, 3.8) is 0 Å². The first-order valence-corrected chi connectivity index (χ1v) is 12.2. The summed E-state index contributed by atoms with van der Waals surface area (Å²) in [6, 6.07) is 7.20. The molecule has 11 heteroatoms. The molecule has 3 aromatic rings. The number of likely N-dealkylation sites (N-methyl/N-ethyl adjacent to an activating group) is 1. The van der Waals surface area contributed by atoms with Crippen LogP contribution in [0.15, 0.2) is 36.7 Å². The Bertz CT molecular complexity index is 1270. The summed E-state index contributed by atoms with van der Waals surface area (Å²) in [6.45, 7) is 3.75. The number of halogens is 2. The molecule has 1 aromatic carbocycles. The standard InChI is InChI=1S/C25H28Cl2N6O3/c1-5-36-33-14-17(22-19(26)7-6-8-20(22)27)11-16-13-28-25(30-23(16)33)29-18-12-21(32(3)15-18)24(34)31(2)9-10-35-4/h6-8,11-13,15H,5,9-10,14H2,1-4H3,(H,28,29,30). The number of hydrogen-bond donors (Lipinski definition) is 1. The van der Waals surface area contributed by atoms with E-state index in [1.807, 2.05) is 44.4 Å². The van der Waals surface area contributed by atoms with Crippen LogP contribution in [-0.4, -0.2) is 65.8 Å². The van der Waals surface area contributed by atoms with Gasteiger partial charge in [-0.3, -0.25) is 9.63 Å². The Labute approximate surface area is 220 Å². The molecule has 3 heterocycles. The average molecular weight is 531 g/mol. The number of nitrogens with one attached hydrogen (secondary N) is 1. The molecule has 36 heavy (non-hydrogen) atoms. The van der Waals surface area contributed by atoms with Crippen LogP contribution in [-0.2, 0) is 16.6 Å². The van der Waals surface area contributed by atoms with E-state index in [0.29, 0.717) is 59.5 Å². The molecule has 4 rings (SSSR count). The topological polar surface area (TPSA) is 84.8 Å². The van der Waals surface area contributed by atoms with Crippen molar-refractivity contribution in [1.82, 2.24) is 19.4 Å². The number of carbonyl (C=O) groups excluding carboxylic acids is 1. The number of methoxy groups -OCH3 is 1. The molecular formula is C25H28Cl2N6O3. The molecule has 0 saturated heterocycles. The summed E-state index contributed by atoms with van der Waals surface area (Å²) < 4.78 is 6.83. The van der Waals surface area contributed by atoms with Crippen LogP contribution in [0.4, 0.5) is 17.5 Å². The Morgan fingerprint density at radius 2 is 2.03 bits per heavy atom. The number of anilines is 3. The van der Waals surface area contributed by atoms with E-state index in [1.165, 1.54) is 0 Å². The monoisotopic (exact) mass is 530 g/mol. The second-order valence-corrected chi connectivity index (χ2v) is 9.08. The second-order valence-electron chi connectivity index (χ2n) is 8.26. The molecule has 0 saturated carbocycles. The zero-order valence-electron chi connectivity index (χ0n) is 20.6. The lowest BCUT2D eigenvalue weighted by Gasteiger charge is -2.29. The van der Waals surface area contributed by atoms with Crippen molar-refractivity contribution in [3.05, 3.63) is 63.5 Å². The Hall–Kier alpha value is -3.11. The highest BCUT2D eigenvalue weighted by atomic mass is 35.5. The van der Waals surface area contributed by atoms with E-state index in [0.717, 1.165) is 16.7 Å². The Balaban J connectivity index is 1.61. The van der Waals surface area contributed by atoms with E-state index in [1.54, 1.807) is 41.0 Å². The minimum atomic E-state index is -0.104. The third-order valence-corrected chi connectivity index (χ3v) is 6.33. The van der Waals surface area contributed by atoms with E-state index in [9.17, 15) is 4.79 Å². The quantitative estimate of drug-likeness (QED) is 0.421. The maximum absolute atomic E-state index is 12.8. The van der Waals surface area contributed by atoms with Gasteiger partial charge in [-0.05, 0) is 36.8 Å². The molecule has 190 valence electrons. The maximum Gasteiger partial charge on any atom is 0.270 e. The second kappa shape index (κ2) is 11.3. The fourth-order valence-corrected chi connectivity index (χ4v) is 4.57. The summed E-state index contributed by atoms with van der Waals surface area (Å²) in [7, 11) is 5.17. The van der Waals surface area contributed by atoms with Gasteiger partial charge in [-0.15, -0.1) is 0 Å². The van der Waals surface area contributed by atoms with Crippen molar-refractivity contribution in [1.29, 1.82) is 0 Å². The van der Waals surface area contributed by atoms with Gasteiger partial charge in [-0.25, -0.2) is 10.0 Å². The molecule has 0 aliphatic carbocycles. The summed E-state index contributed by atoms with van der Waals surface area (Å²) in [5, 5.41) is 6.03. The molecule has 0 fully saturated rings. The number of benzene rings is 1. The van der Waals surface area contributed by atoms with Crippen molar-refractivity contribution < 1.29 is 14.4 Å². The number of amides is 1. The molecule has 2 aromatic heterocycles. The smallest absolute Gasteiger partial charge is 0.270 e. The molecule has 9 nitrogen and oxygen atoms in total. The zero-order chi connectivity index (χ0) is 25.8. The predicted molar refractivity (Wildman–Crippen MR) is 143 cm³/mol.